The molecule has 12 heavy (non-hydrogen) atoms. The van der Waals surface area contributed by atoms with Gasteiger partial charge in [-0.2, -0.15) is 0 Å². The maximum Gasteiger partial charge on any atom is 0.0115 e. The molecule has 0 amide bonds. The van der Waals surface area contributed by atoms with Gasteiger partial charge in [-0.25, -0.2) is 0 Å². The van der Waals surface area contributed by atoms with Crippen molar-refractivity contribution in [2.45, 2.75) is 39.7 Å². The first-order chi connectivity index (χ1) is 5.56. The average Bonchev–Trinajstić information content (AvgIpc) is 1.97. The van der Waals surface area contributed by atoms with Crippen LogP contribution in [-0.4, -0.2) is 30.6 Å². The summed E-state index contributed by atoms with van der Waals surface area (Å²) < 4.78 is 0. The van der Waals surface area contributed by atoms with Crippen molar-refractivity contribution >= 4 is 0 Å². The molecule has 2 nitrogen and oxygen atoms in total. The van der Waals surface area contributed by atoms with Gasteiger partial charge >= 0.3 is 0 Å². The smallest absolute Gasteiger partial charge is 0.0115 e. The molecule has 1 rings (SSSR count). The van der Waals surface area contributed by atoms with Crippen LogP contribution < -0.4 is 5.73 Å². The summed E-state index contributed by atoms with van der Waals surface area (Å²) in [7, 11) is 0. The van der Waals surface area contributed by atoms with Crippen molar-refractivity contribution in [2.75, 3.05) is 19.6 Å². The van der Waals surface area contributed by atoms with Crippen LogP contribution in [-0.2, 0) is 0 Å². The minimum absolute atomic E-state index is 0.313. The normalized spacial score (nSPS) is 30.5. The summed E-state index contributed by atoms with van der Waals surface area (Å²) in [6.07, 6.45) is 2.41. The summed E-state index contributed by atoms with van der Waals surface area (Å²) in [5.41, 5.74) is 6.36. The molecule has 1 heterocycles. The lowest BCUT2D eigenvalue weighted by atomic mass is 9.80. The summed E-state index contributed by atoms with van der Waals surface area (Å²) in [5, 5.41) is 0. The molecule has 0 saturated carbocycles. The number of nitrogens with zero attached hydrogens (tertiary/aromatic N) is 1. The SMILES string of the molecule is CCCN1CCC(N)C(C)(C)C1. The lowest BCUT2D eigenvalue weighted by Crippen LogP contribution is -2.52. The number of rotatable bonds is 2. The summed E-state index contributed by atoms with van der Waals surface area (Å²) in [5.74, 6) is 0. The van der Waals surface area contributed by atoms with Crippen molar-refractivity contribution in [2.24, 2.45) is 11.1 Å². The number of piperidine rings is 1. The van der Waals surface area contributed by atoms with Crippen molar-refractivity contribution < 1.29 is 0 Å². The predicted octanol–water partition coefficient (Wildman–Crippen LogP) is 1.46. The summed E-state index contributed by atoms with van der Waals surface area (Å²) in [6, 6.07) is 0.394. The van der Waals surface area contributed by atoms with Crippen LogP contribution in [0.15, 0.2) is 0 Å². The Hall–Kier alpha value is -0.0800. The van der Waals surface area contributed by atoms with Gasteiger partial charge in [-0.05, 0) is 31.3 Å². The highest BCUT2D eigenvalue weighted by atomic mass is 15.1. The Morgan fingerprint density at radius 3 is 2.67 bits per heavy atom. The monoisotopic (exact) mass is 170 g/mol. The molecule has 2 heteroatoms. The molecular weight excluding hydrogens is 148 g/mol. The zero-order valence-corrected chi connectivity index (χ0v) is 8.64. The second kappa shape index (κ2) is 3.75. The van der Waals surface area contributed by atoms with E-state index in [0.717, 1.165) is 6.42 Å². The van der Waals surface area contributed by atoms with Gasteiger partial charge in [-0.15, -0.1) is 0 Å². The van der Waals surface area contributed by atoms with Gasteiger partial charge in [-0.3, -0.25) is 0 Å². The second-order valence-electron chi connectivity index (χ2n) is 4.66. The lowest BCUT2D eigenvalue weighted by molar-refractivity contribution is 0.0956. The largest absolute Gasteiger partial charge is 0.327 e. The van der Waals surface area contributed by atoms with Crippen LogP contribution >= 0.6 is 0 Å². The molecular formula is C10H22N2. The topological polar surface area (TPSA) is 29.3 Å². The van der Waals surface area contributed by atoms with E-state index in [0.29, 0.717) is 11.5 Å². The molecule has 1 aliphatic heterocycles. The van der Waals surface area contributed by atoms with Gasteiger partial charge < -0.3 is 10.6 Å². The highest BCUT2D eigenvalue weighted by Crippen LogP contribution is 2.27. The van der Waals surface area contributed by atoms with E-state index in [1.165, 1.54) is 26.1 Å². The third-order valence-corrected chi connectivity index (χ3v) is 2.93. The van der Waals surface area contributed by atoms with Crippen molar-refractivity contribution in [1.29, 1.82) is 0 Å². The quantitative estimate of drug-likeness (QED) is 0.680. The Labute approximate surface area is 76.1 Å². The van der Waals surface area contributed by atoms with Crippen LogP contribution in [0.25, 0.3) is 0 Å². The van der Waals surface area contributed by atoms with Gasteiger partial charge in [0, 0.05) is 12.6 Å². The highest BCUT2D eigenvalue weighted by Gasteiger charge is 2.32. The predicted molar refractivity (Wildman–Crippen MR) is 53.1 cm³/mol. The molecule has 72 valence electrons. The number of likely N-dealkylation sites (tertiary alicyclic amines) is 1. The zero-order chi connectivity index (χ0) is 9.19. The molecule has 1 atom stereocenters. The summed E-state index contributed by atoms with van der Waals surface area (Å²) in [6.45, 7) is 10.4. The first kappa shape index (κ1) is 10.0. The first-order valence-electron chi connectivity index (χ1n) is 5.04. The number of hydrogen-bond donors (Lipinski definition) is 1. The molecule has 1 saturated heterocycles. The maximum absolute atomic E-state index is 6.04. The molecule has 0 aliphatic carbocycles. The average molecular weight is 170 g/mol. The van der Waals surface area contributed by atoms with E-state index in [9.17, 15) is 0 Å². The van der Waals surface area contributed by atoms with E-state index in [1.807, 2.05) is 0 Å². The van der Waals surface area contributed by atoms with Gasteiger partial charge in [0.15, 0.2) is 0 Å². The Morgan fingerprint density at radius 2 is 2.17 bits per heavy atom. The van der Waals surface area contributed by atoms with Crippen molar-refractivity contribution in [3.63, 3.8) is 0 Å². The van der Waals surface area contributed by atoms with Gasteiger partial charge in [0.1, 0.15) is 0 Å². The second-order valence-corrected chi connectivity index (χ2v) is 4.66. The van der Waals surface area contributed by atoms with E-state index in [1.54, 1.807) is 0 Å². The van der Waals surface area contributed by atoms with Crippen molar-refractivity contribution in [3.05, 3.63) is 0 Å². The van der Waals surface area contributed by atoms with E-state index in [-0.39, 0.29) is 0 Å². The third kappa shape index (κ3) is 2.20. The maximum atomic E-state index is 6.04. The number of hydrogen-bond acceptors (Lipinski definition) is 2. The fourth-order valence-corrected chi connectivity index (χ4v) is 1.99. The van der Waals surface area contributed by atoms with Crippen molar-refractivity contribution in [3.8, 4) is 0 Å². The molecule has 0 spiro atoms. The van der Waals surface area contributed by atoms with Crippen LogP contribution in [0.3, 0.4) is 0 Å². The number of nitrogens with two attached hydrogens (primary N) is 1. The molecule has 1 unspecified atom stereocenters. The molecule has 0 aromatic carbocycles. The van der Waals surface area contributed by atoms with Gasteiger partial charge in [0.05, 0.1) is 0 Å². The minimum Gasteiger partial charge on any atom is -0.327 e. The zero-order valence-electron chi connectivity index (χ0n) is 8.64. The third-order valence-electron chi connectivity index (χ3n) is 2.93. The van der Waals surface area contributed by atoms with E-state index in [2.05, 4.69) is 25.7 Å². The van der Waals surface area contributed by atoms with Crippen LogP contribution in [0.4, 0.5) is 0 Å². The van der Waals surface area contributed by atoms with Gasteiger partial charge in [0.2, 0.25) is 0 Å². The van der Waals surface area contributed by atoms with Gasteiger partial charge in [0.25, 0.3) is 0 Å². The van der Waals surface area contributed by atoms with E-state index < -0.39 is 0 Å². The van der Waals surface area contributed by atoms with Crippen molar-refractivity contribution in [1.82, 2.24) is 4.90 Å². The van der Waals surface area contributed by atoms with Crippen LogP contribution in [0.1, 0.15) is 33.6 Å². The molecule has 1 aliphatic rings. The summed E-state index contributed by atoms with van der Waals surface area (Å²) >= 11 is 0. The Morgan fingerprint density at radius 1 is 1.50 bits per heavy atom. The summed E-state index contributed by atoms with van der Waals surface area (Å²) in [4.78, 5) is 2.53. The molecule has 2 N–H and O–H groups in total. The van der Waals surface area contributed by atoms with Crippen LogP contribution in [0.2, 0.25) is 0 Å². The van der Waals surface area contributed by atoms with E-state index >= 15 is 0 Å². The molecule has 0 bridgehead atoms. The molecule has 0 aromatic heterocycles. The molecule has 0 aromatic rings. The molecule has 0 radical (unpaired) electrons. The Kier molecular flexibility index (Phi) is 3.13. The fraction of sp³-hybridized carbons (Fsp3) is 1.00. The first-order valence-corrected chi connectivity index (χ1v) is 5.04. The van der Waals surface area contributed by atoms with Gasteiger partial charge in [-0.1, -0.05) is 20.8 Å². The Bertz CT molecular complexity index is 143. The fourth-order valence-electron chi connectivity index (χ4n) is 1.99. The van der Waals surface area contributed by atoms with Crippen LogP contribution in [0.5, 0.6) is 0 Å². The Balaban J connectivity index is 2.45. The highest BCUT2D eigenvalue weighted by molar-refractivity contribution is 4.89. The minimum atomic E-state index is 0.313. The van der Waals surface area contributed by atoms with Crippen LogP contribution in [0, 0.1) is 5.41 Å². The molecule has 1 fully saturated rings. The lowest BCUT2D eigenvalue weighted by Gasteiger charge is -2.42. The van der Waals surface area contributed by atoms with E-state index in [4.69, 9.17) is 5.73 Å². The standard InChI is InChI=1S/C10H22N2/c1-4-6-12-7-5-9(11)10(2,3)8-12/h9H,4-8,11H2,1-3H3.